The summed E-state index contributed by atoms with van der Waals surface area (Å²) in [6.07, 6.45) is 3.02. The highest BCUT2D eigenvalue weighted by molar-refractivity contribution is 6.33. The van der Waals surface area contributed by atoms with E-state index in [1.807, 2.05) is 25.1 Å². The van der Waals surface area contributed by atoms with Gasteiger partial charge in [0.2, 0.25) is 0 Å². The normalized spacial score (nSPS) is 18.1. The smallest absolute Gasteiger partial charge is 0.156 e. The molecule has 0 spiro atoms. The molecule has 7 heteroatoms. The molecular formula is C23H26ClN5O. The Morgan fingerprint density at radius 2 is 1.90 bits per heavy atom. The third kappa shape index (κ3) is 3.49. The lowest BCUT2D eigenvalue weighted by Gasteiger charge is -2.33. The second-order valence-corrected chi connectivity index (χ2v) is 8.42. The van der Waals surface area contributed by atoms with E-state index in [-0.39, 0.29) is 0 Å². The van der Waals surface area contributed by atoms with Crippen LogP contribution in [0.25, 0.3) is 27.9 Å². The van der Waals surface area contributed by atoms with Gasteiger partial charge in [-0.15, -0.1) is 0 Å². The van der Waals surface area contributed by atoms with Gasteiger partial charge in [-0.05, 0) is 32.0 Å². The molecule has 0 saturated carbocycles. The Balaban J connectivity index is 1.75. The van der Waals surface area contributed by atoms with Crippen LogP contribution >= 0.6 is 11.6 Å². The molecule has 1 N–H and O–H groups in total. The monoisotopic (exact) mass is 423 g/mol. The zero-order valence-electron chi connectivity index (χ0n) is 17.4. The first-order valence-corrected chi connectivity index (χ1v) is 10.9. The third-order valence-electron chi connectivity index (χ3n) is 5.97. The molecule has 30 heavy (non-hydrogen) atoms. The molecule has 0 unspecified atom stereocenters. The van der Waals surface area contributed by atoms with E-state index in [1.165, 1.54) is 5.57 Å². The molecule has 2 aliphatic rings. The molecule has 0 amide bonds. The second-order valence-electron chi connectivity index (χ2n) is 8.02. The van der Waals surface area contributed by atoms with Crippen molar-refractivity contribution in [2.75, 3.05) is 51.3 Å². The standard InChI is InChI=1S/C23H26ClN5O/c1-15-25-21-19(16-7-13-30-14-8-16)20(17-5-3-4-6-18(17)24)27-22(21)23(26-15)29-11-9-28(2)10-12-29/h3-7,27H,8-14H2,1-2H3. The number of nitrogens with one attached hydrogen (secondary N) is 1. The second kappa shape index (κ2) is 8.02. The first kappa shape index (κ1) is 19.5. The van der Waals surface area contributed by atoms with Crippen LogP contribution in [-0.2, 0) is 4.74 Å². The minimum absolute atomic E-state index is 0.624. The van der Waals surface area contributed by atoms with Crippen molar-refractivity contribution in [3.05, 3.63) is 46.8 Å². The number of ether oxygens (including phenoxy) is 1. The van der Waals surface area contributed by atoms with E-state index in [2.05, 4.69) is 34.0 Å². The number of piperazine rings is 1. The SMILES string of the molecule is Cc1nc(N2CCN(C)CC2)c2[nH]c(-c3ccccc3Cl)c(C3=CCOCC3)c2n1. The van der Waals surface area contributed by atoms with Gasteiger partial charge in [-0.25, -0.2) is 9.97 Å². The molecule has 0 radical (unpaired) electrons. The molecule has 0 atom stereocenters. The van der Waals surface area contributed by atoms with Gasteiger partial charge in [-0.3, -0.25) is 0 Å². The molecular weight excluding hydrogens is 398 g/mol. The molecule has 6 nitrogen and oxygen atoms in total. The fourth-order valence-electron chi connectivity index (χ4n) is 4.34. The Hall–Kier alpha value is -2.41. The van der Waals surface area contributed by atoms with Crippen molar-refractivity contribution < 1.29 is 4.74 Å². The third-order valence-corrected chi connectivity index (χ3v) is 6.30. The van der Waals surface area contributed by atoms with Gasteiger partial charge in [0.1, 0.15) is 16.9 Å². The van der Waals surface area contributed by atoms with Gasteiger partial charge in [0.15, 0.2) is 5.82 Å². The van der Waals surface area contributed by atoms with Crippen molar-refractivity contribution in [1.82, 2.24) is 19.9 Å². The summed E-state index contributed by atoms with van der Waals surface area (Å²) >= 11 is 6.62. The van der Waals surface area contributed by atoms with Crippen molar-refractivity contribution >= 4 is 34.0 Å². The number of anilines is 1. The van der Waals surface area contributed by atoms with Gasteiger partial charge in [0.25, 0.3) is 0 Å². The highest BCUT2D eigenvalue weighted by atomic mass is 35.5. The van der Waals surface area contributed by atoms with E-state index in [1.54, 1.807) is 0 Å². The number of benzene rings is 1. The number of aryl methyl sites for hydroxylation is 1. The number of hydrogen-bond acceptors (Lipinski definition) is 5. The van der Waals surface area contributed by atoms with Crippen LogP contribution in [0.3, 0.4) is 0 Å². The number of H-pyrrole nitrogens is 1. The van der Waals surface area contributed by atoms with E-state index < -0.39 is 0 Å². The van der Waals surface area contributed by atoms with Crippen LogP contribution in [0.2, 0.25) is 5.02 Å². The van der Waals surface area contributed by atoms with Crippen LogP contribution < -0.4 is 4.90 Å². The molecule has 2 aromatic heterocycles. The Labute approximate surface area is 181 Å². The van der Waals surface area contributed by atoms with Crippen molar-refractivity contribution in [3.8, 4) is 11.3 Å². The molecule has 1 aromatic carbocycles. The van der Waals surface area contributed by atoms with E-state index in [9.17, 15) is 0 Å². The number of aromatic amines is 1. The topological polar surface area (TPSA) is 57.3 Å². The van der Waals surface area contributed by atoms with Crippen molar-refractivity contribution in [3.63, 3.8) is 0 Å². The minimum Gasteiger partial charge on any atom is -0.377 e. The van der Waals surface area contributed by atoms with Crippen LogP contribution in [-0.4, -0.2) is 66.3 Å². The first-order chi connectivity index (χ1) is 14.6. The molecule has 0 aliphatic carbocycles. The van der Waals surface area contributed by atoms with E-state index in [0.29, 0.717) is 6.61 Å². The maximum Gasteiger partial charge on any atom is 0.156 e. The number of aromatic nitrogens is 3. The Morgan fingerprint density at radius 3 is 2.63 bits per heavy atom. The highest BCUT2D eigenvalue weighted by Crippen LogP contribution is 2.41. The largest absolute Gasteiger partial charge is 0.377 e. The number of fused-ring (bicyclic) bond motifs is 1. The number of hydrogen-bond donors (Lipinski definition) is 1. The molecule has 3 aromatic rings. The lowest BCUT2D eigenvalue weighted by Crippen LogP contribution is -2.45. The predicted molar refractivity (Wildman–Crippen MR) is 122 cm³/mol. The summed E-state index contributed by atoms with van der Waals surface area (Å²) in [4.78, 5) is 18.1. The highest BCUT2D eigenvalue weighted by Gasteiger charge is 2.26. The van der Waals surface area contributed by atoms with Crippen LogP contribution in [0.5, 0.6) is 0 Å². The number of rotatable bonds is 3. The number of nitrogens with zero attached hydrogens (tertiary/aromatic N) is 4. The number of halogens is 1. The molecule has 5 rings (SSSR count). The molecule has 2 aliphatic heterocycles. The van der Waals surface area contributed by atoms with Crippen molar-refractivity contribution in [2.24, 2.45) is 0 Å². The summed E-state index contributed by atoms with van der Waals surface area (Å²) in [5.74, 6) is 1.77. The van der Waals surface area contributed by atoms with Gasteiger partial charge in [0, 0.05) is 42.3 Å². The van der Waals surface area contributed by atoms with Crippen LogP contribution in [0, 0.1) is 6.92 Å². The van der Waals surface area contributed by atoms with Crippen molar-refractivity contribution in [1.29, 1.82) is 0 Å². The van der Waals surface area contributed by atoms with E-state index in [4.69, 9.17) is 26.3 Å². The quantitative estimate of drug-likeness (QED) is 0.686. The fraction of sp³-hybridized carbons (Fsp3) is 0.391. The van der Waals surface area contributed by atoms with Crippen LogP contribution in [0.4, 0.5) is 5.82 Å². The van der Waals surface area contributed by atoms with Gasteiger partial charge < -0.3 is 19.5 Å². The first-order valence-electron chi connectivity index (χ1n) is 10.5. The zero-order valence-corrected chi connectivity index (χ0v) is 18.2. The van der Waals surface area contributed by atoms with E-state index in [0.717, 1.165) is 83.7 Å². The molecule has 4 heterocycles. The number of likely N-dealkylation sites (N-methyl/N-ethyl adjacent to an activating group) is 1. The van der Waals surface area contributed by atoms with Crippen LogP contribution in [0.1, 0.15) is 17.8 Å². The Kier molecular flexibility index (Phi) is 5.23. The lowest BCUT2D eigenvalue weighted by molar-refractivity contribution is 0.161. The fourth-order valence-corrected chi connectivity index (χ4v) is 4.57. The zero-order chi connectivity index (χ0) is 20.7. The van der Waals surface area contributed by atoms with Gasteiger partial charge in [-0.1, -0.05) is 35.9 Å². The molecule has 0 bridgehead atoms. The molecule has 1 saturated heterocycles. The molecule has 1 fully saturated rings. The van der Waals surface area contributed by atoms with Gasteiger partial charge in [0.05, 0.1) is 18.9 Å². The predicted octanol–water partition coefficient (Wildman–Crippen LogP) is 4.14. The maximum atomic E-state index is 6.62. The summed E-state index contributed by atoms with van der Waals surface area (Å²) in [6, 6.07) is 7.98. The Bertz CT molecular complexity index is 1110. The summed E-state index contributed by atoms with van der Waals surface area (Å²) in [7, 11) is 2.16. The summed E-state index contributed by atoms with van der Waals surface area (Å²) in [5, 5.41) is 0.726. The van der Waals surface area contributed by atoms with Gasteiger partial charge >= 0.3 is 0 Å². The summed E-state index contributed by atoms with van der Waals surface area (Å²) in [5.41, 5.74) is 6.34. The average molecular weight is 424 g/mol. The minimum atomic E-state index is 0.624. The Morgan fingerprint density at radius 1 is 1.10 bits per heavy atom. The molecule has 156 valence electrons. The average Bonchev–Trinajstić information content (AvgIpc) is 3.13. The van der Waals surface area contributed by atoms with Gasteiger partial charge in [-0.2, -0.15) is 0 Å². The lowest BCUT2D eigenvalue weighted by atomic mass is 9.97. The summed E-state index contributed by atoms with van der Waals surface area (Å²) < 4.78 is 5.57. The van der Waals surface area contributed by atoms with Crippen LogP contribution in [0.15, 0.2) is 30.3 Å². The summed E-state index contributed by atoms with van der Waals surface area (Å²) in [6.45, 7) is 7.28. The maximum absolute atomic E-state index is 6.62. The van der Waals surface area contributed by atoms with E-state index >= 15 is 0 Å². The van der Waals surface area contributed by atoms with Crippen molar-refractivity contribution in [2.45, 2.75) is 13.3 Å².